The number of hydrogen-bond donors (Lipinski definition) is 3. The fourth-order valence-electron chi connectivity index (χ4n) is 3.79. The zero-order valence-electron chi connectivity index (χ0n) is 18.0. The first-order valence-corrected chi connectivity index (χ1v) is 10.5. The van der Waals surface area contributed by atoms with Crippen LogP contribution in [0.4, 0.5) is 11.6 Å². The molecule has 0 atom stereocenters. The Labute approximate surface area is 186 Å². The molecular weight excluding hydrogens is 404 g/mol. The van der Waals surface area contributed by atoms with Crippen LogP contribution >= 0.6 is 0 Å². The van der Waals surface area contributed by atoms with Gasteiger partial charge in [-0.3, -0.25) is 14.9 Å². The van der Waals surface area contributed by atoms with Gasteiger partial charge in [0, 0.05) is 24.7 Å². The minimum atomic E-state index is -0.354. The third kappa shape index (κ3) is 4.66. The number of aromatic nitrogens is 4. The van der Waals surface area contributed by atoms with E-state index in [1.807, 2.05) is 25.1 Å². The van der Waals surface area contributed by atoms with Crippen molar-refractivity contribution in [3.63, 3.8) is 0 Å². The van der Waals surface area contributed by atoms with Crippen molar-refractivity contribution in [2.45, 2.75) is 26.2 Å². The number of aliphatic imine (C=N–C) groups is 1. The van der Waals surface area contributed by atoms with E-state index in [2.05, 4.69) is 48.2 Å². The Bertz CT molecular complexity index is 1190. The molecule has 1 aliphatic heterocycles. The molecule has 1 amide bonds. The number of piperidine rings is 1. The van der Waals surface area contributed by atoms with Gasteiger partial charge in [-0.2, -0.15) is 5.10 Å². The van der Waals surface area contributed by atoms with Crippen LogP contribution in [-0.2, 0) is 0 Å². The summed E-state index contributed by atoms with van der Waals surface area (Å²) in [6.07, 6.45) is 10.5. The van der Waals surface area contributed by atoms with Crippen LogP contribution in [0.15, 0.2) is 53.6 Å². The van der Waals surface area contributed by atoms with E-state index in [1.54, 1.807) is 6.20 Å². The van der Waals surface area contributed by atoms with Crippen molar-refractivity contribution in [2.24, 2.45) is 4.99 Å². The summed E-state index contributed by atoms with van der Waals surface area (Å²) in [6, 6.07) is 5.90. The van der Waals surface area contributed by atoms with E-state index in [4.69, 9.17) is 5.73 Å². The van der Waals surface area contributed by atoms with E-state index in [0.717, 1.165) is 40.8 Å². The third-order valence-electron chi connectivity index (χ3n) is 5.47. The maximum atomic E-state index is 12.8. The molecule has 0 saturated carbocycles. The van der Waals surface area contributed by atoms with Crippen molar-refractivity contribution in [3.05, 3.63) is 59.8 Å². The monoisotopic (exact) mass is 430 g/mol. The van der Waals surface area contributed by atoms with Crippen molar-refractivity contribution in [1.29, 1.82) is 0 Å². The summed E-state index contributed by atoms with van der Waals surface area (Å²) in [6.45, 7) is 7.71. The molecule has 2 aromatic heterocycles. The minimum absolute atomic E-state index is 0.143. The first-order valence-electron chi connectivity index (χ1n) is 10.5. The number of aromatic amines is 1. The van der Waals surface area contributed by atoms with Gasteiger partial charge in [-0.25, -0.2) is 9.97 Å². The molecule has 0 radical (unpaired) electrons. The fraction of sp³-hybridized carbons (Fsp3) is 0.261. The zero-order valence-corrected chi connectivity index (χ0v) is 18.0. The van der Waals surface area contributed by atoms with E-state index in [-0.39, 0.29) is 11.9 Å². The minimum Gasteiger partial charge on any atom is -0.370 e. The average Bonchev–Trinajstić information content (AvgIpc) is 3.24. The van der Waals surface area contributed by atoms with Gasteiger partial charge in [0.2, 0.25) is 5.95 Å². The number of amides is 1. The summed E-state index contributed by atoms with van der Waals surface area (Å²) >= 11 is 0. The third-order valence-corrected chi connectivity index (χ3v) is 5.47. The van der Waals surface area contributed by atoms with E-state index in [9.17, 15) is 4.79 Å². The van der Waals surface area contributed by atoms with Gasteiger partial charge in [0.05, 0.1) is 29.3 Å². The SMILES string of the molecule is C=N/C=C(\C=C(/C)c1ccc2[nH]nc(C(=O)Nc3cnc(N)nc3)c2c1)N1CCCCC1. The molecule has 0 spiro atoms. The maximum Gasteiger partial charge on any atom is 0.276 e. The fourth-order valence-corrected chi connectivity index (χ4v) is 3.79. The molecule has 1 fully saturated rings. The summed E-state index contributed by atoms with van der Waals surface area (Å²) in [7, 11) is 0. The molecule has 9 heteroatoms. The number of nitrogens with one attached hydrogen (secondary N) is 2. The summed E-state index contributed by atoms with van der Waals surface area (Å²) in [5.41, 5.74) is 10.1. The van der Waals surface area contributed by atoms with Gasteiger partial charge < -0.3 is 16.0 Å². The first kappa shape index (κ1) is 21.2. The highest BCUT2D eigenvalue weighted by Crippen LogP contribution is 2.25. The summed E-state index contributed by atoms with van der Waals surface area (Å²) in [4.78, 5) is 26.9. The second-order valence-corrected chi connectivity index (χ2v) is 7.73. The Morgan fingerprint density at radius 3 is 2.72 bits per heavy atom. The van der Waals surface area contributed by atoms with Crippen LogP contribution < -0.4 is 11.1 Å². The predicted octanol–water partition coefficient (Wildman–Crippen LogP) is 3.62. The Kier molecular flexibility index (Phi) is 6.25. The largest absolute Gasteiger partial charge is 0.370 e. The molecule has 164 valence electrons. The van der Waals surface area contributed by atoms with Crippen molar-refractivity contribution in [3.8, 4) is 0 Å². The molecule has 0 unspecified atom stereocenters. The molecule has 4 N–H and O–H groups in total. The van der Waals surface area contributed by atoms with Crippen molar-refractivity contribution in [1.82, 2.24) is 25.1 Å². The van der Waals surface area contributed by atoms with Gasteiger partial charge in [0.1, 0.15) is 0 Å². The highest BCUT2D eigenvalue weighted by atomic mass is 16.1. The van der Waals surface area contributed by atoms with Gasteiger partial charge in [-0.05, 0) is 62.2 Å². The molecule has 3 aromatic rings. The Hall–Kier alpha value is -4.01. The van der Waals surface area contributed by atoms with Crippen LogP contribution in [0, 0.1) is 0 Å². The maximum absolute atomic E-state index is 12.8. The number of hydrogen-bond acceptors (Lipinski definition) is 7. The van der Waals surface area contributed by atoms with Crippen LogP contribution in [0.1, 0.15) is 42.2 Å². The van der Waals surface area contributed by atoms with Gasteiger partial charge >= 0.3 is 0 Å². The van der Waals surface area contributed by atoms with Crippen LogP contribution in [0.25, 0.3) is 16.5 Å². The van der Waals surface area contributed by atoms with Crippen LogP contribution in [-0.4, -0.2) is 50.8 Å². The lowest BCUT2D eigenvalue weighted by Gasteiger charge is -2.29. The molecule has 1 aromatic carbocycles. The Morgan fingerprint density at radius 2 is 2.00 bits per heavy atom. The number of nitrogen functional groups attached to an aromatic ring is 1. The average molecular weight is 431 g/mol. The number of likely N-dealkylation sites (tertiary alicyclic amines) is 1. The molecule has 32 heavy (non-hydrogen) atoms. The molecule has 0 bridgehead atoms. The molecule has 3 heterocycles. The standard InChI is InChI=1S/C23H26N8O/c1-15(10-18(14-25-2)31-8-4-3-5-9-31)16-6-7-20-19(11-16)21(30-29-20)22(32)28-17-12-26-23(24)27-13-17/h6-7,10-14H,2-5,8-9H2,1H3,(H,28,32)(H,29,30)(H2,24,26,27)/b15-10+,18-14+. The lowest BCUT2D eigenvalue weighted by molar-refractivity contribution is 0.102. The van der Waals surface area contributed by atoms with Crippen molar-refractivity contribution < 1.29 is 4.79 Å². The van der Waals surface area contributed by atoms with Crippen molar-refractivity contribution in [2.75, 3.05) is 24.1 Å². The highest BCUT2D eigenvalue weighted by Gasteiger charge is 2.16. The van der Waals surface area contributed by atoms with Gasteiger partial charge in [-0.15, -0.1) is 0 Å². The van der Waals surface area contributed by atoms with Gasteiger partial charge in [0.15, 0.2) is 5.69 Å². The second kappa shape index (κ2) is 9.42. The number of nitrogens with zero attached hydrogens (tertiary/aromatic N) is 5. The number of carbonyl (C=O) groups is 1. The second-order valence-electron chi connectivity index (χ2n) is 7.73. The van der Waals surface area contributed by atoms with Crippen LogP contribution in [0.3, 0.4) is 0 Å². The summed E-state index contributed by atoms with van der Waals surface area (Å²) in [5.74, 6) is -0.210. The molecule has 1 aliphatic rings. The summed E-state index contributed by atoms with van der Waals surface area (Å²) in [5, 5.41) is 10.6. The molecular formula is C23H26N8O. The lowest BCUT2D eigenvalue weighted by atomic mass is 10.0. The molecule has 1 saturated heterocycles. The number of fused-ring (bicyclic) bond motifs is 1. The van der Waals surface area contributed by atoms with E-state index in [0.29, 0.717) is 11.4 Å². The van der Waals surface area contributed by atoms with E-state index in [1.165, 1.54) is 31.7 Å². The molecule has 4 rings (SSSR count). The van der Waals surface area contributed by atoms with Crippen LogP contribution in [0.2, 0.25) is 0 Å². The predicted molar refractivity (Wildman–Crippen MR) is 127 cm³/mol. The normalized spacial score (nSPS) is 15.1. The Balaban J connectivity index is 1.61. The number of allylic oxidation sites excluding steroid dienone is 2. The zero-order chi connectivity index (χ0) is 22.5. The number of anilines is 2. The lowest BCUT2D eigenvalue weighted by Crippen LogP contribution is -2.28. The quantitative estimate of drug-likeness (QED) is 0.405. The number of rotatable bonds is 6. The van der Waals surface area contributed by atoms with Gasteiger partial charge in [0.25, 0.3) is 5.91 Å². The highest BCUT2D eigenvalue weighted by molar-refractivity contribution is 6.11. The number of carbonyl (C=O) groups excluding carboxylic acids is 1. The van der Waals surface area contributed by atoms with E-state index >= 15 is 0 Å². The smallest absolute Gasteiger partial charge is 0.276 e. The molecule has 9 nitrogen and oxygen atoms in total. The number of benzene rings is 1. The van der Waals surface area contributed by atoms with Crippen molar-refractivity contribution >= 4 is 40.7 Å². The van der Waals surface area contributed by atoms with Crippen LogP contribution in [0.5, 0.6) is 0 Å². The first-order chi connectivity index (χ1) is 15.5. The molecule has 0 aliphatic carbocycles. The van der Waals surface area contributed by atoms with Gasteiger partial charge in [-0.1, -0.05) is 6.07 Å². The number of nitrogens with two attached hydrogens (primary N) is 1. The Morgan fingerprint density at radius 1 is 1.25 bits per heavy atom. The van der Waals surface area contributed by atoms with E-state index < -0.39 is 0 Å². The number of H-pyrrole nitrogens is 1. The summed E-state index contributed by atoms with van der Waals surface area (Å²) < 4.78 is 0. The topological polar surface area (TPSA) is 125 Å².